The van der Waals surface area contributed by atoms with Gasteiger partial charge in [-0.1, -0.05) is 13.3 Å². The highest BCUT2D eigenvalue weighted by atomic mass is 16.5. The van der Waals surface area contributed by atoms with Gasteiger partial charge in [-0.05, 0) is 30.7 Å². The van der Waals surface area contributed by atoms with Gasteiger partial charge in [0.2, 0.25) is 5.88 Å². The summed E-state index contributed by atoms with van der Waals surface area (Å²) in [6.07, 6.45) is 3.34. The summed E-state index contributed by atoms with van der Waals surface area (Å²) >= 11 is 0. The van der Waals surface area contributed by atoms with Crippen molar-refractivity contribution in [1.82, 2.24) is 9.97 Å². The van der Waals surface area contributed by atoms with E-state index in [0.717, 1.165) is 18.5 Å². The lowest BCUT2D eigenvalue weighted by atomic mass is 10.2. The predicted octanol–water partition coefficient (Wildman–Crippen LogP) is 2.92. The molecule has 0 fully saturated rings. The number of ether oxygens (including phenoxy) is 1. The van der Waals surface area contributed by atoms with Crippen molar-refractivity contribution in [2.24, 2.45) is 0 Å². The lowest BCUT2D eigenvalue weighted by Gasteiger charge is -2.05. The molecule has 5 nitrogen and oxygen atoms in total. The van der Waals surface area contributed by atoms with Gasteiger partial charge in [-0.15, -0.1) is 0 Å². The largest absolute Gasteiger partial charge is 0.478 e. The summed E-state index contributed by atoms with van der Waals surface area (Å²) in [5, 5.41) is 8.80. The number of aromatic nitrogens is 2. The van der Waals surface area contributed by atoms with Gasteiger partial charge >= 0.3 is 5.97 Å². The number of benzene rings is 1. The Morgan fingerprint density at radius 3 is 2.63 bits per heavy atom. The van der Waals surface area contributed by atoms with E-state index in [1.165, 1.54) is 18.5 Å². The smallest absolute Gasteiger partial charge is 0.335 e. The molecule has 0 unspecified atom stereocenters. The molecule has 0 aliphatic heterocycles. The lowest BCUT2D eigenvalue weighted by Crippen LogP contribution is -1.96. The molecule has 5 heteroatoms. The molecule has 19 heavy (non-hydrogen) atoms. The fraction of sp³-hybridized carbons (Fsp3) is 0.214. The third-order valence-corrected chi connectivity index (χ3v) is 2.53. The van der Waals surface area contributed by atoms with Crippen LogP contribution in [0.25, 0.3) is 0 Å². The van der Waals surface area contributed by atoms with E-state index in [9.17, 15) is 4.79 Å². The first-order valence-corrected chi connectivity index (χ1v) is 6.01. The maximum atomic E-state index is 10.7. The van der Waals surface area contributed by atoms with Crippen molar-refractivity contribution < 1.29 is 14.6 Å². The van der Waals surface area contributed by atoms with E-state index in [-0.39, 0.29) is 5.56 Å². The van der Waals surface area contributed by atoms with E-state index < -0.39 is 5.97 Å². The standard InChI is InChI=1S/C14H14N2O3/c1-2-3-11-8-13(16-9-15-11)19-12-6-4-10(5-7-12)14(17)18/h4-9H,2-3H2,1H3,(H,17,18). The van der Waals surface area contributed by atoms with Gasteiger partial charge in [0.1, 0.15) is 12.1 Å². The van der Waals surface area contributed by atoms with Gasteiger partial charge in [0, 0.05) is 11.8 Å². The first-order chi connectivity index (χ1) is 9.19. The molecule has 2 rings (SSSR count). The molecular formula is C14H14N2O3. The van der Waals surface area contributed by atoms with Gasteiger partial charge in [-0.25, -0.2) is 14.8 Å². The average Bonchev–Trinajstić information content (AvgIpc) is 2.40. The molecule has 0 amide bonds. The number of rotatable bonds is 5. The number of aromatic carboxylic acids is 1. The highest BCUT2D eigenvalue weighted by molar-refractivity contribution is 5.87. The Labute approximate surface area is 110 Å². The molecule has 0 saturated heterocycles. The van der Waals surface area contributed by atoms with Gasteiger partial charge in [-0.2, -0.15) is 0 Å². The highest BCUT2D eigenvalue weighted by Crippen LogP contribution is 2.20. The molecule has 0 atom stereocenters. The van der Waals surface area contributed by atoms with Crippen molar-refractivity contribution in [2.45, 2.75) is 19.8 Å². The second-order valence-corrected chi connectivity index (χ2v) is 4.03. The SMILES string of the molecule is CCCc1cc(Oc2ccc(C(=O)O)cc2)ncn1. The second kappa shape index (κ2) is 5.95. The number of carbonyl (C=O) groups is 1. The van der Waals surface area contributed by atoms with Crippen molar-refractivity contribution in [3.8, 4) is 11.6 Å². The average molecular weight is 258 g/mol. The van der Waals surface area contributed by atoms with Crippen LogP contribution >= 0.6 is 0 Å². The van der Waals surface area contributed by atoms with Crippen LogP contribution in [0.5, 0.6) is 11.6 Å². The summed E-state index contributed by atoms with van der Waals surface area (Å²) in [5.41, 5.74) is 1.15. The number of carboxylic acid groups (broad SMARTS) is 1. The van der Waals surface area contributed by atoms with Crippen molar-refractivity contribution in [2.75, 3.05) is 0 Å². The maximum absolute atomic E-state index is 10.7. The molecule has 98 valence electrons. The summed E-state index contributed by atoms with van der Waals surface area (Å²) in [6, 6.07) is 7.97. The van der Waals surface area contributed by atoms with Crippen molar-refractivity contribution in [3.63, 3.8) is 0 Å². The summed E-state index contributed by atoms with van der Waals surface area (Å²) < 4.78 is 5.56. The van der Waals surface area contributed by atoms with Crippen molar-refractivity contribution >= 4 is 5.97 Å². The summed E-state index contributed by atoms with van der Waals surface area (Å²) in [7, 11) is 0. The van der Waals surface area contributed by atoms with Crippen LogP contribution in [0.2, 0.25) is 0 Å². The molecular weight excluding hydrogens is 244 g/mol. The van der Waals surface area contributed by atoms with Gasteiger partial charge < -0.3 is 9.84 Å². The second-order valence-electron chi connectivity index (χ2n) is 4.03. The Bertz CT molecular complexity index is 567. The van der Waals surface area contributed by atoms with E-state index in [1.54, 1.807) is 18.2 Å². The van der Waals surface area contributed by atoms with Crippen LogP contribution < -0.4 is 4.74 Å². The molecule has 0 aliphatic carbocycles. The Kier molecular flexibility index (Phi) is 4.07. The third kappa shape index (κ3) is 3.51. The zero-order valence-corrected chi connectivity index (χ0v) is 10.5. The predicted molar refractivity (Wildman–Crippen MR) is 69.5 cm³/mol. The summed E-state index contributed by atoms with van der Waals surface area (Å²) in [6.45, 7) is 2.08. The summed E-state index contributed by atoms with van der Waals surface area (Å²) in [5.74, 6) is 0.0477. The Balaban J connectivity index is 2.12. The van der Waals surface area contributed by atoms with Gasteiger partial charge in [0.05, 0.1) is 5.56 Å². The minimum atomic E-state index is -0.959. The first-order valence-electron chi connectivity index (χ1n) is 6.01. The van der Waals surface area contributed by atoms with Gasteiger partial charge in [-0.3, -0.25) is 0 Å². The van der Waals surface area contributed by atoms with E-state index in [0.29, 0.717) is 11.6 Å². The molecule has 1 aromatic carbocycles. The van der Waals surface area contributed by atoms with Crippen molar-refractivity contribution in [1.29, 1.82) is 0 Å². The van der Waals surface area contributed by atoms with E-state index in [1.807, 2.05) is 0 Å². The fourth-order valence-electron chi connectivity index (χ4n) is 1.61. The van der Waals surface area contributed by atoms with Crippen LogP contribution in [-0.2, 0) is 6.42 Å². The summed E-state index contributed by atoms with van der Waals surface area (Å²) in [4.78, 5) is 18.9. The molecule has 0 radical (unpaired) electrons. The van der Waals surface area contributed by atoms with E-state index in [4.69, 9.17) is 9.84 Å². The molecule has 0 bridgehead atoms. The molecule has 0 spiro atoms. The van der Waals surface area contributed by atoms with Crippen molar-refractivity contribution in [3.05, 3.63) is 47.9 Å². The minimum Gasteiger partial charge on any atom is -0.478 e. The lowest BCUT2D eigenvalue weighted by molar-refractivity contribution is 0.0697. The number of carboxylic acids is 1. The molecule has 0 aliphatic rings. The van der Waals surface area contributed by atoms with E-state index >= 15 is 0 Å². The number of hydrogen-bond acceptors (Lipinski definition) is 4. The van der Waals surface area contributed by atoms with Gasteiger partial charge in [0.15, 0.2) is 0 Å². The normalized spacial score (nSPS) is 10.2. The molecule has 0 saturated carbocycles. The highest BCUT2D eigenvalue weighted by Gasteiger charge is 2.04. The quantitative estimate of drug-likeness (QED) is 0.892. The molecule has 2 aromatic rings. The van der Waals surface area contributed by atoms with Gasteiger partial charge in [0.25, 0.3) is 0 Å². The van der Waals surface area contributed by atoms with Crippen LogP contribution in [0.4, 0.5) is 0 Å². The van der Waals surface area contributed by atoms with Crippen LogP contribution in [-0.4, -0.2) is 21.0 Å². The maximum Gasteiger partial charge on any atom is 0.335 e. The van der Waals surface area contributed by atoms with Crippen LogP contribution in [0.15, 0.2) is 36.7 Å². The Morgan fingerprint density at radius 1 is 1.26 bits per heavy atom. The third-order valence-electron chi connectivity index (χ3n) is 2.53. The Hall–Kier alpha value is -2.43. The molecule has 1 heterocycles. The van der Waals surface area contributed by atoms with E-state index in [2.05, 4.69) is 16.9 Å². The van der Waals surface area contributed by atoms with Crippen LogP contribution in [0, 0.1) is 0 Å². The first kappa shape index (κ1) is 13.0. The monoisotopic (exact) mass is 258 g/mol. The van der Waals surface area contributed by atoms with Crippen LogP contribution in [0.1, 0.15) is 29.4 Å². The zero-order valence-electron chi connectivity index (χ0n) is 10.5. The number of hydrogen-bond donors (Lipinski definition) is 1. The molecule has 1 N–H and O–H groups in total. The fourth-order valence-corrected chi connectivity index (χ4v) is 1.61. The molecule has 1 aromatic heterocycles. The zero-order chi connectivity index (χ0) is 13.7. The minimum absolute atomic E-state index is 0.224. The Morgan fingerprint density at radius 2 is 2.00 bits per heavy atom. The number of aryl methyl sites for hydroxylation is 1. The number of nitrogens with zero attached hydrogens (tertiary/aromatic N) is 2. The van der Waals surface area contributed by atoms with Crippen LogP contribution in [0.3, 0.4) is 0 Å². The topological polar surface area (TPSA) is 72.3 Å².